The maximum atomic E-state index is 9.68. The summed E-state index contributed by atoms with van der Waals surface area (Å²) < 4.78 is 1.99. The first-order valence-electron chi connectivity index (χ1n) is 9.23. The molecule has 2 aromatic heterocycles. The Kier molecular flexibility index (Phi) is 4.71. The Labute approximate surface area is 152 Å². The molecule has 1 fully saturated rings. The van der Waals surface area contributed by atoms with Crippen LogP contribution in [0.25, 0.3) is 16.9 Å². The van der Waals surface area contributed by atoms with Gasteiger partial charge >= 0.3 is 0 Å². The van der Waals surface area contributed by atoms with Crippen LogP contribution in [0, 0.1) is 0 Å². The molecule has 3 heterocycles. The molecular weight excluding hydrogens is 328 g/mol. The van der Waals surface area contributed by atoms with E-state index in [1.807, 2.05) is 34.9 Å². The van der Waals surface area contributed by atoms with Gasteiger partial charge in [-0.2, -0.15) is 9.97 Å². The van der Waals surface area contributed by atoms with Crippen LogP contribution in [0.1, 0.15) is 26.2 Å². The monoisotopic (exact) mass is 352 g/mol. The third kappa shape index (κ3) is 2.99. The predicted octanol–water partition coefficient (Wildman–Crippen LogP) is 2.60. The number of benzene rings is 1. The van der Waals surface area contributed by atoms with E-state index >= 15 is 0 Å². The van der Waals surface area contributed by atoms with Crippen molar-refractivity contribution in [3.05, 3.63) is 36.7 Å². The van der Waals surface area contributed by atoms with E-state index in [0.29, 0.717) is 5.95 Å². The van der Waals surface area contributed by atoms with Gasteiger partial charge in [-0.3, -0.25) is 4.57 Å². The van der Waals surface area contributed by atoms with Crippen molar-refractivity contribution in [1.82, 2.24) is 19.5 Å². The van der Waals surface area contributed by atoms with Crippen molar-refractivity contribution in [2.45, 2.75) is 32.2 Å². The Hall–Kier alpha value is -2.67. The number of anilines is 2. The summed E-state index contributed by atoms with van der Waals surface area (Å²) in [6.07, 6.45) is 4.81. The lowest BCUT2D eigenvalue weighted by molar-refractivity contribution is 0.265. The van der Waals surface area contributed by atoms with E-state index in [9.17, 15) is 5.11 Å². The SMILES string of the molecule is CCCNc1nc(N2CCCC2CO)nc2c1ncn2-c1ccccc1. The molecule has 136 valence electrons. The second kappa shape index (κ2) is 7.29. The molecule has 1 atom stereocenters. The van der Waals surface area contributed by atoms with Crippen LogP contribution < -0.4 is 10.2 Å². The number of nitrogens with one attached hydrogen (secondary N) is 1. The maximum Gasteiger partial charge on any atom is 0.229 e. The molecule has 1 aromatic carbocycles. The fourth-order valence-electron chi connectivity index (χ4n) is 3.45. The fourth-order valence-corrected chi connectivity index (χ4v) is 3.45. The van der Waals surface area contributed by atoms with Gasteiger partial charge in [0.15, 0.2) is 17.0 Å². The molecule has 4 rings (SSSR count). The number of aliphatic hydroxyl groups excluding tert-OH is 1. The van der Waals surface area contributed by atoms with Gasteiger partial charge < -0.3 is 15.3 Å². The van der Waals surface area contributed by atoms with Gasteiger partial charge in [-0.1, -0.05) is 25.1 Å². The highest BCUT2D eigenvalue weighted by atomic mass is 16.3. The highest BCUT2D eigenvalue weighted by Gasteiger charge is 2.27. The first-order valence-corrected chi connectivity index (χ1v) is 9.23. The van der Waals surface area contributed by atoms with E-state index in [1.54, 1.807) is 6.33 Å². The highest BCUT2D eigenvalue weighted by Crippen LogP contribution is 2.28. The first-order chi connectivity index (χ1) is 12.8. The lowest BCUT2D eigenvalue weighted by Gasteiger charge is -2.23. The molecule has 0 spiro atoms. The molecule has 7 nitrogen and oxygen atoms in total. The van der Waals surface area contributed by atoms with E-state index in [-0.39, 0.29) is 12.6 Å². The van der Waals surface area contributed by atoms with Crippen molar-refractivity contribution >= 4 is 22.9 Å². The molecule has 1 saturated heterocycles. The van der Waals surface area contributed by atoms with Gasteiger partial charge in [0, 0.05) is 18.8 Å². The van der Waals surface area contributed by atoms with Gasteiger partial charge in [-0.25, -0.2) is 4.98 Å². The molecule has 0 aliphatic carbocycles. The van der Waals surface area contributed by atoms with Gasteiger partial charge in [-0.15, -0.1) is 0 Å². The molecule has 26 heavy (non-hydrogen) atoms. The molecule has 1 unspecified atom stereocenters. The minimum Gasteiger partial charge on any atom is -0.394 e. The van der Waals surface area contributed by atoms with Gasteiger partial charge in [0.05, 0.1) is 12.6 Å². The fraction of sp³-hybridized carbons (Fsp3) is 0.421. The van der Waals surface area contributed by atoms with Crippen molar-refractivity contribution in [3.8, 4) is 5.69 Å². The molecule has 0 amide bonds. The molecule has 1 aliphatic heterocycles. The number of hydrogen-bond donors (Lipinski definition) is 2. The van der Waals surface area contributed by atoms with Crippen molar-refractivity contribution < 1.29 is 5.11 Å². The number of para-hydroxylation sites is 1. The van der Waals surface area contributed by atoms with Crippen molar-refractivity contribution in [1.29, 1.82) is 0 Å². The molecular formula is C19H24N6O. The Morgan fingerprint density at radius 3 is 2.85 bits per heavy atom. The Morgan fingerprint density at radius 1 is 1.23 bits per heavy atom. The summed E-state index contributed by atoms with van der Waals surface area (Å²) in [5.41, 5.74) is 2.57. The zero-order valence-electron chi connectivity index (χ0n) is 15.0. The second-order valence-corrected chi connectivity index (χ2v) is 6.59. The summed E-state index contributed by atoms with van der Waals surface area (Å²) in [7, 11) is 0. The van der Waals surface area contributed by atoms with Crippen LogP contribution in [0.15, 0.2) is 36.7 Å². The topological polar surface area (TPSA) is 79.1 Å². The van der Waals surface area contributed by atoms with Crippen LogP contribution in [-0.4, -0.2) is 50.4 Å². The summed E-state index contributed by atoms with van der Waals surface area (Å²) in [6.45, 7) is 3.94. The van der Waals surface area contributed by atoms with Crippen molar-refractivity contribution in [2.24, 2.45) is 0 Å². The van der Waals surface area contributed by atoms with Gasteiger partial charge in [0.2, 0.25) is 5.95 Å². The molecule has 1 aliphatic rings. The Morgan fingerprint density at radius 2 is 2.08 bits per heavy atom. The molecule has 0 bridgehead atoms. The molecule has 7 heteroatoms. The number of fused-ring (bicyclic) bond motifs is 1. The minimum absolute atomic E-state index is 0.0829. The number of nitrogens with zero attached hydrogens (tertiary/aromatic N) is 5. The number of imidazole rings is 1. The zero-order chi connectivity index (χ0) is 17.9. The van der Waals surface area contributed by atoms with Crippen molar-refractivity contribution in [3.63, 3.8) is 0 Å². The molecule has 3 aromatic rings. The second-order valence-electron chi connectivity index (χ2n) is 6.59. The standard InChI is InChI=1S/C19H24N6O/c1-2-10-20-17-16-18(25(13-21-16)14-7-4-3-5-8-14)23-19(22-17)24-11-6-9-15(24)12-26/h3-5,7-8,13,15,26H,2,6,9-12H2,1H3,(H,20,22,23). The van der Waals surface area contributed by atoms with Crippen LogP contribution in [-0.2, 0) is 0 Å². The lowest BCUT2D eigenvalue weighted by Crippen LogP contribution is -2.33. The molecule has 0 radical (unpaired) electrons. The smallest absolute Gasteiger partial charge is 0.229 e. The average molecular weight is 352 g/mol. The average Bonchev–Trinajstić information content (AvgIpc) is 3.33. The van der Waals surface area contributed by atoms with Crippen LogP contribution in [0.3, 0.4) is 0 Å². The van der Waals surface area contributed by atoms with E-state index in [0.717, 1.165) is 55.0 Å². The largest absolute Gasteiger partial charge is 0.394 e. The van der Waals surface area contributed by atoms with E-state index < -0.39 is 0 Å². The van der Waals surface area contributed by atoms with Crippen LogP contribution >= 0.6 is 0 Å². The summed E-state index contributed by atoms with van der Waals surface area (Å²) in [6, 6.07) is 10.2. The Bertz CT molecular complexity index is 878. The van der Waals surface area contributed by atoms with Gasteiger partial charge in [0.25, 0.3) is 0 Å². The number of aromatic nitrogens is 4. The third-order valence-corrected chi connectivity index (χ3v) is 4.81. The molecule has 2 N–H and O–H groups in total. The van der Waals surface area contributed by atoms with E-state index in [1.165, 1.54) is 0 Å². The first kappa shape index (κ1) is 16.8. The summed E-state index contributed by atoms with van der Waals surface area (Å²) in [5, 5.41) is 13.1. The Balaban J connectivity index is 1.85. The van der Waals surface area contributed by atoms with Crippen LogP contribution in [0.2, 0.25) is 0 Å². The lowest BCUT2D eigenvalue weighted by atomic mass is 10.2. The van der Waals surface area contributed by atoms with E-state index in [2.05, 4.69) is 22.1 Å². The minimum atomic E-state index is 0.0829. The normalized spacial score (nSPS) is 17.2. The third-order valence-electron chi connectivity index (χ3n) is 4.81. The van der Waals surface area contributed by atoms with Gasteiger partial charge in [-0.05, 0) is 31.4 Å². The molecule has 0 saturated carbocycles. The highest BCUT2D eigenvalue weighted by molar-refractivity contribution is 5.85. The van der Waals surface area contributed by atoms with Crippen molar-refractivity contribution in [2.75, 3.05) is 29.9 Å². The van der Waals surface area contributed by atoms with Gasteiger partial charge in [0.1, 0.15) is 6.33 Å². The summed E-state index contributed by atoms with van der Waals surface area (Å²) >= 11 is 0. The number of hydrogen-bond acceptors (Lipinski definition) is 6. The maximum absolute atomic E-state index is 9.68. The number of rotatable bonds is 6. The quantitative estimate of drug-likeness (QED) is 0.710. The van der Waals surface area contributed by atoms with E-state index in [4.69, 9.17) is 9.97 Å². The van der Waals surface area contributed by atoms with Crippen LogP contribution in [0.5, 0.6) is 0 Å². The number of aliphatic hydroxyl groups is 1. The summed E-state index contributed by atoms with van der Waals surface area (Å²) in [5.74, 6) is 1.41. The predicted molar refractivity (Wildman–Crippen MR) is 103 cm³/mol. The van der Waals surface area contributed by atoms with Crippen LogP contribution in [0.4, 0.5) is 11.8 Å². The zero-order valence-corrected chi connectivity index (χ0v) is 15.0. The summed E-state index contributed by atoms with van der Waals surface area (Å²) in [4.78, 5) is 16.2.